The van der Waals surface area contributed by atoms with Crippen LogP contribution in [0.3, 0.4) is 0 Å². The molecule has 0 aliphatic carbocycles. The SMILES string of the molecule is NC(=O)[CH]c1cc(-c2ccc(C(F)(F)F)cc2)ncn1. The van der Waals surface area contributed by atoms with Crippen LogP contribution in [0.25, 0.3) is 11.3 Å². The van der Waals surface area contributed by atoms with Crippen LogP contribution >= 0.6 is 0 Å². The van der Waals surface area contributed by atoms with Gasteiger partial charge in [-0.25, -0.2) is 9.97 Å². The summed E-state index contributed by atoms with van der Waals surface area (Å²) in [7, 11) is 0. The van der Waals surface area contributed by atoms with Crippen LogP contribution in [0.5, 0.6) is 0 Å². The number of alkyl halides is 3. The van der Waals surface area contributed by atoms with E-state index in [1.807, 2.05) is 0 Å². The number of benzene rings is 1. The van der Waals surface area contributed by atoms with Gasteiger partial charge in [0.25, 0.3) is 0 Å². The molecule has 0 saturated heterocycles. The number of aromatic nitrogens is 2. The molecule has 0 aliphatic heterocycles. The van der Waals surface area contributed by atoms with Crippen LogP contribution in [-0.4, -0.2) is 15.9 Å². The number of carbonyl (C=O) groups excluding carboxylic acids is 1. The first kappa shape index (κ1) is 14.0. The Bertz CT molecular complexity index is 624. The van der Waals surface area contributed by atoms with Crippen molar-refractivity contribution >= 4 is 5.91 Å². The van der Waals surface area contributed by atoms with E-state index < -0.39 is 17.6 Å². The van der Waals surface area contributed by atoms with Gasteiger partial charge in [-0.2, -0.15) is 13.2 Å². The molecule has 0 saturated carbocycles. The predicted octanol–water partition coefficient (Wildman–Crippen LogP) is 2.20. The molecule has 1 amide bonds. The fourth-order valence-electron chi connectivity index (χ4n) is 1.58. The van der Waals surface area contributed by atoms with Crippen molar-refractivity contribution in [2.45, 2.75) is 6.18 Å². The molecular formula is C13H9F3N3O. The van der Waals surface area contributed by atoms with Gasteiger partial charge in [0.05, 0.1) is 23.4 Å². The van der Waals surface area contributed by atoms with E-state index in [1.165, 1.54) is 24.5 Å². The Morgan fingerprint density at radius 1 is 1.15 bits per heavy atom. The number of hydrogen-bond acceptors (Lipinski definition) is 3. The maximum atomic E-state index is 12.4. The number of carbonyl (C=O) groups is 1. The summed E-state index contributed by atoms with van der Waals surface area (Å²) in [4.78, 5) is 18.5. The molecule has 1 heterocycles. The molecule has 0 fully saturated rings. The lowest BCUT2D eigenvalue weighted by atomic mass is 10.1. The van der Waals surface area contributed by atoms with Gasteiger partial charge in [-0.15, -0.1) is 0 Å². The van der Waals surface area contributed by atoms with Gasteiger partial charge in [0, 0.05) is 5.56 Å². The smallest absolute Gasteiger partial charge is 0.369 e. The van der Waals surface area contributed by atoms with E-state index in [9.17, 15) is 18.0 Å². The van der Waals surface area contributed by atoms with E-state index >= 15 is 0 Å². The van der Waals surface area contributed by atoms with Crippen molar-refractivity contribution in [1.29, 1.82) is 0 Å². The number of hydrogen-bond donors (Lipinski definition) is 1. The molecule has 1 aromatic carbocycles. The van der Waals surface area contributed by atoms with Crippen LogP contribution in [0.15, 0.2) is 36.7 Å². The monoisotopic (exact) mass is 280 g/mol. The Kier molecular flexibility index (Phi) is 3.69. The Balaban J connectivity index is 2.30. The molecule has 7 heteroatoms. The highest BCUT2D eigenvalue weighted by atomic mass is 19.4. The Labute approximate surface area is 112 Å². The third kappa shape index (κ3) is 3.31. The van der Waals surface area contributed by atoms with Crippen molar-refractivity contribution < 1.29 is 18.0 Å². The van der Waals surface area contributed by atoms with Crippen LogP contribution in [0, 0.1) is 6.42 Å². The van der Waals surface area contributed by atoms with Gasteiger partial charge in [0.2, 0.25) is 5.91 Å². The van der Waals surface area contributed by atoms with E-state index in [2.05, 4.69) is 9.97 Å². The quantitative estimate of drug-likeness (QED) is 0.937. The Morgan fingerprint density at radius 2 is 1.80 bits per heavy atom. The van der Waals surface area contributed by atoms with Crippen molar-refractivity contribution in [2.75, 3.05) is 0 Å². The van der Waals surface area contributed by atoms with Gasteiger partial charge < -0.3 is 5.73 Å². The van der Waals surface area contributed by atoms with Crippen molar-refractivity contribution in [3.63, 3.8) is 0 Å². The van der Waals surface area contributed by atoms with Gasteiger partial charge in [-0.3, -0.25) is 4.79 Å². The number of nitrogens with two attached hydrogens (primary N) is 1. The molecule has 4 nitrogen and oxygen atoms in total. The standard InChI is InChI=1S/C13H9F3N3O/c14-13(15,16)9-3-1-8(2-4-9)11-5-10(6-12(17)20)18-7-19-11/h1-7H,(H2,17,20). The number of rotatable bonds is 3. The van der Waals surface area contributed by atoms with E-state index in [0.717, 1.165) is 18.6 Å². The van der Waals surface area contributed by atoms with Crippen molar-refractivity contribution in [3.05, 3.63) is 54.3 Å². The average molecular weight is 280 g/mol. The lowest BCUT2D eigenvalue weighted by Gasteiger charge is -2.07. The summed E-state index contributed by atoms with van der Waals surface area (Å²) in [6, 6.07) is 6.01. The highest BCUT2D eigenvalue weighted by molar-refractivity contribution is 5.86. The zero-order valence-corrected chi connectivity index (χ0v) is 10.1. The second-order valence-electron chi connectivity index (χ2n) is 3.95. The summed E-state index contributed by atoms with van der Waals surface area (Å²) >= 11 is 0. The molecule has 2 rings (SSSR count). The molecule has 1 radical (unpaired) electrons. The first-order valence-electron chi connectivity index (χ1n) is 5.50. The topological polar surface area (TPSA) is 68.9 Å². The molecule has 0 atom stereocenters. The van der Waals surface area contributed by atoms with Crippen LogP contribution < -0.4 is 5.73 Å². The zero-order chi connectivity index (χ0) is 14.8. The highest BCUT2D eigenvalue weighted by Gasteiger charge is 2.29. The molecule has 0 aliphatic rings. The molecule has 20 heavy (non-hydrogen) atoms. The van der Waals surface area contributed by atoms with Gasteiger partial charge in [-0.05, 0) is 18.2 Å². The molecule has 2 aromatic rings. The first-order valence-corrected chi connectivity index (χ1v) is 5.50. The van der Waals surface area contributed by atoms with Gasteiger partial charge >= 0.3 is 6.18 Å². The summed E-state index contributed by atoms with van der Waals surface area (Å²) in [6.45, 7) is 0. The molecule has 2 N–H and O–H groups in total. The normalized spacial score (nSPS) is 11.3. The van der Waals surface area contributed by atoms with Crippen LogP contribution in [0.2, 0.25) is 0 Å². The zero-order valence-electron chi connectivity index (χ0n) is 10.1. The van der Waals surface area contributed by atoms with Gasteiger partial charge in [0.1, 0.15) is 6.33 Å². The molecular weight excluding hydrogens is 271 g/mol. The maximum absolute atomic E-state index is 12.4. The number of halogens is 3. The van der Waals surface area contributed by atoms with Crippen molar-refractivity contribution in [3.8, 4) is 11.3 Å². The summed E-state index contributed by atoms with van der Waals surface area (Å²) in [5, 5.41) is 0. The van der Waals surface area contributed by atoms with Gasteiger partial charge in [0.15, 0.2) is 0 Å². The number of primary amides is 1. The van der Waals surface area contributed by atoms with Crippen molar-refractivity contribution in [1.82, 2.24) is 9.97 Å². The second kappa shape index (κ2) is 5.28. The van der Waals surface area contributed by atoms with Crippen LogP contribution in [0.1, 0.15) is 11.3 Å². The minimum Gasteiger partial charge on any atom is -0.369 e. The largest absolute Gasteiger partial charge is 0.416 e. The lowest BCUT2D eigenvalue weighted by molar-refractivity contribution is -0.137. The Hall–Kier alpha value is -2.44. The molecule has 0 spiro atoms. The minimum atomic E-state index is -4.38. The fraction of sp³-hybridized carbons (Fsp3) is 0.0769. The fourth-order valence-corrected chi connectivity index (χ4v) is 1.58. The predicted molar refractivity (Wildman–Crippen MR) is 65.1 cm³/mol. The summed E-state index contributed by atoms with van der Waals surface area (Å²) < 4.78 is 37.3. The van der Waals surface area contributed by atoms with E-state index in [-0.39, 0.29) is 0 Å². The lowest BCUT2D eigenvalue weighted by Crippen LogP contribution is -2.12. The third-order valence-electron chi connectivity index (χ3n) is 2.49. The number of nitrogens with zero attached hydrogens (tertiary/aromatic N) is 2. The summed E-state index contributed by atoms with van der Waals surface area (Å²) in [6.07, 6.45) is -2.06. The number of amides is 1. The van der Waals surface area contributed by atoms with E-state index in [4.69, 9.17) is 5.73 Å². The third-order valence-corrected chi connectivity index (χ3v) is 2.49. The minimum absolute atomic E-state index is 0.294. The molecule has 0 unspecified atom stereocenters. The van der Waals surface area contributed by atoms with Crippen LogP contribution in [0.4, 0.5) is 13.2 Å². The molecule has 0 bridgehead atoms. The van der Waals surface area contributed by atoms with Crippen molar-refractivity contribution in [2.24, 2.45) is 5.73 Å². The van der Waals surface area contributed by atoms with E-state index in [1.54, 1.807) is 0 Å². The summed E-state index contributed by atoms with van der Waals surface area (Å²) in [5.41, 5.74) is 5.45. The summed E-state index contributed by atoms with van der Waals surface area (Å²) in [5.74, 6) is -0.665. The molecule has 1 aromatic heterocycles. The first-order chi connectivity index (χ1) is 9.36. The van der Waals surface area contributed by atoms with E-state index in [0.29, 0.717) is 17.0 Å². The highest BCUT2D eigenvalue weighted by Crippen LogP contribution is 2.30. The average Bonchev–Trinajstić information content (AvgIpc) is 2.37. The van der Waals surface area contributed by atoms with Crippen LogP contribution in [-0.2, 0) is 11.0 Å². The van der Waals surface area contributed by atoms with Gasteiger partial charge in [-0.1, -0.05) is 12.1 Å². The maximum Gasteiger partial charge on any atom is 0.416 e. The molecule has 103 valence electrons. The second-order valence-corrected chi connectivity index (χ2v) is 3.95. The Morgan fingerprint density at radius 3 is 2.35 bits per heavy atom.